The number of imidazole rings is 1. The van der Waals surface area contributed by atoms with E-state index in [1.54, 1.807) is 0 Å². The van der Waals surface area contributed by atoms with Crippen molar-refractivity contribution in [3.8, 4) is 22.4 Å². The predicted octanol–water partition coefficient (Wildman–Crippen LogP) is 4.67. The highest BCUT2D eigenvalue weighted by atomic mass is 15.0. The van der Waals surface area contributed by atoms with Gasteiger partial charge in [-0.3, -0.25) is 0 Å². The lowest BCUT2D eigenvalue weighted by Gasteiger charge is -2.02. The van der Waals surface area contributed by atoms with Crippen molar-refractivity contribution >= 4 is 5.65 Å². The number of nitrogens with zero attached hydrogens (tertiary/aromatic N) is 2. The Labute approximate surface area is 123 Å². The Kier molecular flexibility index (Phi) is 2.79. The van der Waals surface area contributed by atoms with Gasteiger partial charge in [0, 0.05) is 23.5 Å². The molecule has 0 bridgehead atoms. The lowest BCUT2D eigenvalue weighted by atomic mass is 10.1. The minimum absolute atomic E-state index is 0.988. The van der Waals surface area contributed by atoms with Crippen LogP contribution in [0, 0.1) is 0 Å². The second kappa shape index (κ2) is 4.91. The molecule has 0 fully saturated rings. The molecule has 0 aliphatic heterocycles. The van der Waals surface area contributed by atoms with Gasteiger partial charge >= 0.3 is 0 Å². The van der Waals surface area contributed by atoms with Gasteiger partial charge in [-0.15, -0.1) is 0 Å². The lowest BCUT2D eigenvalue weighted by Crippen LogP contribution is -1.86. The Bertz CT molecular complexity index is 877. The van der Waals surface area contributed by atoms with Crippen LogP contribution in [0.4, 0.5) is 0 Å². The minimum atomic E-state index is 0.988. The Morgan fingerprint density at radius 3 is 2.05 bits per heavy atom. The van der Waals surface area contributed by atoms with Crippen molar-refractivity contribution in [1.82, 2.24) is 9.38 Å². The van der Waals surface area contributed by atoms with E-state index in [0.29, 0.717) is 0 Å². The topological polar surface area (TPSA) is 17.3 Å². The molecular weight excluding hydrogens is 256 g/mol. The summed E-state index contributed by atoms with van der Waals surface area (Å²) >= 11 is 0. The zero-order chi connectivity index (χ0) is 14.1. The summed E-state index contributed by atoms with van der Waals surface area (Å²) in [5.74, 6) is 0. The first-order valence-corrected chi connectivity index (χ1v) is 7.00. The first-order valence-electron chi connectivity index (χ1n) is 7.00. The van der Waals surface area contributed by atoms with E-state index in [9.17, 15) is 0 Å². The normalized spacial score (nSPS) is 10.9. The summed E-state index contributed by atoms with van der Waals surface area (Å²) in [6, 6.07) is 24.8. The summed E-state index contributed by atoms with van der Waals surface area (Å²) in [6.45, 7) is 0. The van der Waals surface area contributed by atoms with Crippen molar-refractivity contribution in [2.75, 3.05) is 0 Å². The number of hydrogen-bond donors (Lipinski definition) is 0. The van der Waals surface area contributed by atoms with Crippen LogP contribution in [0.1, 0.15) is 0 Å². The van der Waals surface area contributed by atoms with E-state index in [1.165, 1.54) is 5.56 Å². The second-order valence-corrected chi connectivity index (χ2v) is 5.01. The molecule has 0 saturated carbocycles. The largest absolute Gasteiger partial charge is 0.306 e. The Morgan fingerprint density at radius 1 is 0.667 bits per heavy atom. The third kappa shape index (κ3) is 2.11. The summed E-state index contributed by atoms with van der Waals surface area (Å²) < 4.78 is 2.09. The monoisotopic (exact) mass is 270 g/mol. The molecule has 0 radical (unpaired) electrons. The third-order valence-electron chi connectivity index (χ3n) is 3.64. The molecule has 2 heteroatoms. The van der Waals surface area contributed by atoms with Crippen LogP contribution in [0.2, 0.25) is 0 Å². The maximum atomic E-state index is 4.82. The van der Waals surface area contributed by atoms with Gasteiger partial charge in [0.2, 0.25) is 0 Å². The number of fused-ring (bicyclic) bond motifs is 1. The fourth-order valence-corrected chi connectivity index (χ4v) is 2.60. The number of rotatable bonds is 2. The van der Waals surface area contributed by atoms with Crippen LogP contribution in [0.25, 0.3) is 28.0 Å². The summed E-state index contributed by atoms with van der Waals surface area (Å²) in [7, 11) is 0. The average Bonchev–Trinajstić information content (AvgIpc) is 3.00. The molecule has 2 heterocycles. The van der Waals surface area contributed by atoms with Crippen LogP contribution in [0.5, 0.6) is 0 Å². The van der Waals surface area contributed by atoms with Gasteiger partial charge in [-0.25, -0.2) is 4.98 Å². The fraction of sp³-hybridized carbons (Fsp3) is 0. The van der Waals surface area contributed by atoms with E-state index in [2.05, 4.69) is 59.1 Å². The summed E-state index contributed by atoms with van der Waals surface area (Å²) in [4.78, 5) is 4.82. The van der Waals surface area contributed by atoms with Crippen LogP contribution in [-0.2, 0) is 0 Å². The second-order valence-electron chi connectivity index (χ2n) is 5.01. The van der Waals surface area contributed by atoms with Crippen LogP contribution >= 0.6 is 0 Å². The van der Waals surface area contributed by atoms with Crippen molar-refractivity contribution in [1.29, 1.82) is 0 Å². The highest BCUT2D eigenvalue weighted by Crippen LogP contribution is 2.26. The first kappa shape index (κ1) is 11.9. The van der Waals surface area contributed by atoms with Gasteiger partial charge in [-0.05, 0) is 17.7 Å². The molecule has 21 heavy (non-hydrogen) atoms. The number of aromatic nitrogens is 2. The van der Waals surface area contributed by atoms with Crippen molar-refractivity contribution < 1.29 is 0 Å². The molecule has 0 unspecified atom stereocenters. The SMILES string of the molecule is c1ccc(-c2cn3cccc(-c4ccccc4)c3n2)cc1. The molecule has 0 atom stereocenters. The number of hydrogen-bond acceptors (Lipinski definition) is 1. The van der Waals surface area contributed by atoms with E-state index < -0.39 is 0 Å². The Hall–Kier alpha value is -2.87. The van der Waals surface area contributed by atoms with Crippen LogP contribution in [0.3, 0.4) is 0 Å². The lowest BCUT2D eigenvalue weighted by molar-refractivity contribution is 1.19. The van der Waals surface area contributed by atoms with E-state index >= 15 is 0 Å². The molecule has 100 valence electrons. The first-order chi connectivity index (χ1) is 10.4. The van der Waals surface area contributed by atoms with E-state index in [1.807, 2.05) is 30.5 Å². The van der Waals surface area contributed by atoms with Crippen LogP contribution in [0.15, 0.2) is 85.2 Å². The molecule has 0 aliphatic carbocycles. The van der Waals surface area contributed by atoms with Gasteiger partial charge in [-0.2, -0.15) is 0 Å². The van der Waals surface area contributed by atoms with Crippen molar-refractivity contribution in [3.05, 3.63) is 85.2 Å². The third-order valence-corrected chi connectivity index (χ3v) is 3.64. The molecule has 0 N–H and O–H groups in total. The van der Waals surface area contributed by atoms with Gasteiger partial charge in [0.05, 0.1) is 5.69 Å². The molecule has 0 amide bonds. The molecule has 2 aromatic carbocycles. The predicted molar refractivity (Wildman–Crippen MR) is 86.1 cm³/mol. The van der Waals surface area contributed by atoms with E-state index in [4.69, 9.17) is 4.98 Å². The van der Waals surface area contributed by atoms with Gasteiger partial charge in [0.25, 0.3) is 0 Å². The molecular formula is C19H14N2. The highest BCUT2D eigenvalue weighted by molar-refractivity contribution is 5.79. The fourth-order valence-electron chi connectivity index (χ4n) is 2.60. The van der Waals surface area contributed by atoms with Gasteiger partial charge < -0.3 is 4.40 Å². The Morgan fingerprint density at radius 2 is 1.33 bits per heavy atom. The highest BCUT2D eigenvalue weighted by Gasteiger charge is 2.08. The summed E-state index contributed by atoms with van der Waals surface area (Å²) in [5, 5.41) is 0. The quantitative estimate of drug-likeness (QED) is 0.517. The zero-order valence-electron chi connectivity index (χ0n) is 11.5. The molecule has 0 spiro atoms. The summed E-state index contributed by atoms with van der Waals surface area (Å²) in [6.07, 6.45) is 4.12. The minimum Gasteiger partial charge on any atom is -0.306 e. The number of pyridine rings is 1. The average molecular weight is 270 g/mol. The Balaban J connectivity index is 1.93. The van der Waals surface area contributed by atoms with Gasteiger partial charge in [0.15, 0.2) is 0 Å². The molecule has 4 aromatic rings. The summed E-state index contributed by atoms with van der Waals surface area (Å²) in [5.41, 5.74) is 5.47. The molecule has 2 aromatic heterocycles. The standard InChI is InChI=1S/C19H14N2/c1-3-8-15(9-4-1)17-12-7-13-21-14-18(20-19(17)21)16-10-5-2-6-11-16/h1-14H. The molecule has 0 saturated heterocycles. The molecule has 4 rings (SSSR count). The smallest absolute Gasteiger partial charge is 0.145 e. The van der Waals surface area contributed by atoms with Crippen LogP contribution in [-0.4, -0.2) is 9.38 Å². The number of benzene rings is 2. The van der Waals surface area contributed by atoms with E-state index in [-0.39, 0.29) is 0 Å². The van der Waals surface area contributed by atoms with Crippen molar-refractivity contribution in [2.24, 2.45) is 0 Å². The zero-order valence-corrected chi connectivity index (χ0v) is 11.5. The molecule has 2 nitrogen and oxygen atoms in total. The van der Waals surface area contributed by atoms with Crippen molar-refractivity contribution in [3.63, 3.8) is 0 Å². The van der Waals surface area contributed by atoms with Crippen molar-refractivity contribution in [2.45, 2.75) is 0 Å². The van der Waals surface area contributed by atoms with Gasteiger partial charge in [0.1, 0.15) is 5.65 Å². The maximum absolute atomic E-state index is 4.82. The molecule has 0 aliphatic rings. The van der Waals surface area contributed by atoms with E-state index in [0.717, 1.165) is 22.5 Å². The maximum Gasteiger partial charge on any atom is 0.145 e. The van der Waals surface area contributed by atoms with Gasteiger partial charge in [-0.1, -0.05) is 60.7 Å². The van der Waals surface area contributed by atoms with Crippen LogP contribution < -0.4 is 0 Å².